The van der Waals surface area contributed by atoms with E-state index in [0.29, 0.717) is 0 Å². The van der Waals surface area contributed by atoms with Gasteiger partial charge in [0.25, 0.3) is 0 Å². The second kappa shape index (κ2) is 3.96. The molecule has 0 amide bonds. The fourth-order valence-electron chi connectivity index (χ4n) is 1.19. The van der Waals surface area contributed by atoms with Crippen LogP contribution in [0.15, 0.2) is 30.9 Å². The largest absolute Gasteiger partial charge is 0.381 e. The van der Waals surface area contributed by atoms with Crippen LogP contribution in [0.1, 0.15) is 11.1 Å². The van der Waals surface area contributed by atoms with E-state index in [1.54, 1.807) is 0 Å². The van der Waals surface area contributed by atoms with Gasteiger partial charge in [0.05, 0.1) is 0 Å². The molecule has 0 unspecified atom stereocenters. The minimum atomic E-state index is 0.823. The molecule has 0 heterocycles. The molecule has 0 aromatic heterocycles. The van der Waals surface area contributed by atoms with Gasteiger partial charge < -0.3 is 5.32 Å². The average molecular weight is 161 g/mol. The molecule has 64 valence electrons. The lowest BCUT2D eigenvalue weighted by Crippen LogP contribution is -1.99. The highest BCUT2D eigenvalue weighted by molar-refractivity contribution is 5.52. The van der Waals surface area contributed by atoms with E-state index in [9.17, 15) is 0 Å². The van der Waals surface area contributed by atoms with E-state index >= 15 is 0 Å². The lowest BCUT2D eigenvalue weighted by atomic mass is 10.1. The van der Waals surface area contributed by atoms with E-state index in [4.69, 9.17) is 0 Å². The minimum absolute atomic E-state index is 0.823. The molecule has 0 aliphatic heterocycles. The first kappa shape index (κ1) is 8.85. The number of aryl methyl sites for hydroxylation is 2. The Bertz CT molecular complexity index is 276. The lowest BCUT2D eigenvalue weighted by Gasteiger charge is -2.07. The molecule has 0 spiro atoms. The Labute approximate surface area is 74.1 Å². The van der Waals surface area contributed by atoms with Crippen molar-refractivity contribution in [1.82, 2.24) is 0 Å². The summed E-state index contributed by atoms with van der Waals surface area (Å²) in [4.78, 5) is 0. The van der Waals surface area contributed by atoms with E-state index in [2.05, 4.69) is 43.9 Å². The molecular weight excluding hydrogens is 146 g/mol. The predicted octanol–water partition coefficient (Wildman–Crippen LogP) is 2.90. The van der Waals surface area contributed by atoms with Gasteiger partial charge in [0.2, 0.25) is 0 Å². The molecule has 0 atom stereocenters. The van der Waals surface area contributed by atoms with Crippen molar-refractivity contribution in [3.63, 3.8) is 0 Å². The molecule has 1 nitrogen and oxygen atoms in total. The maximum atomic E-state index is 3.66. The van der Waals surface area contributed by atoms with Gasteiger partial charge in [-0.25, -0.2) is 0 Å². The molecule has 0 aliphatic carbocycles. The van der Waals surface area contributed by atoms with Gasteiger partial charge in [-0.05, 0) is 25.5 Å². The number of anilines is 1. The highest BCUT2D eigenvalue weighted by Crippen LogP contribution is 2.15. The maximum Gasteiger partial charge on any atom is 0.0372 e. The molecule has 1 N–H and O–H groups in total. The Hall–Kier alpha value is -1.24. The summed E-state index contributed by atoms with van der Waals surface area (Å²) >= 11 is 0. The maximum absolute atomic E-state index is 3.66. The first-order chi connectivity index (χ1) is 5.74. The minimum Gasteiger partial charge on any atom is -0.381 e. The highest BCUT2D eigenvalue weighted by Gasteiger charge is 1.94. The van der Waals surface area contributed by atoms with Crippen LogP contribution in [-0.2, 0) is 0 Å². The quantitative estimate of drug-likeness (QED) is 0.672. The van der Waals surface area contributed by atoms with Crippen molar-refractivity contribution in [2.24, 2.45) is 0 Å². The number of hydrogen-bond acceptors (Lipinski definition) is 1. The molecule has 12 heavy (non-hydrogen) atoms. The van der Waals surface area contributed by atoms with E-state index in [1.807, 2.05) is 6.08 Å². The molecule has 0 radical (unpaired) electrons. The third kappa shape index (κ3) is 2.12. The van der Waals surface area contributed by atoms with Crippen LogP contribution in [-0.4, -0.2) is 6.54 Å². The Balaban J connectivity index is 2.78. The molecule has 1 heteroatoms. The van der Waals surface area contributed by atoms with Gasteiger partial charge in [0.1, 0.15) is 0 Å². The normalized spacial score (nSPS) is 9.50. The van der Waals surface area contributed by atoms with Crippen LogP contribution in [0.25, 0.3) is 0 Å². The monoisotopic (exact) mass is 161 g/mol. The van der Waals surface area contributed by atoms with E-state index in [0.717, 1.165) is 6.54 Å². The molecule has 1 rings (SSSR count). The summed E-state index contributed by atoms with van der Waals surface area (Å²) in [5.41, 5.74) is 3.79. The topological polar surface area (TPSA) is 12.0 Å². The van der Waals surface area contributed by atoms with E-state index < -0.39 is 0 Å². The van der Waals surface area contributed by atoms with Crippen LogP contribution in [0.3, 0.4) is 0 Å². The number of benzene rings is 1. The highest BCUT2D eigenvalue weighted by atomic mass is 14.9. The molecule has 0 bridgehead atoms. The van der Waals surface area contributed by atoms with Gasteiger partial charge in [-0.2, -0.15) is 0 Å². The van der Waals surface area contributed by atoms with Crippen molar-refractivity contribution in [2.45, 2.75) is 13.8 Å². The number of rotatable bonds is 3. The molecule has 0 fully saturated rings. The van der Waals surface area contributed by atoms with Gasteiger partial charge in [-0.3, -0.25) is 0 Å². The summed E-state index contributed by atoms with van der Waals surface area (Å²) in [5, 5.41) is 3.27. The Morgan fingerprint density at radius 3 is 2.75 bits per heavy atom. The van der Waals surface area contributed by atoms with Crippen LogP contribution >= 0.6 is 0 Å². The SMILES string of the molecule is C=CCNc1ccc(C)cc1C. The predicted molar refractivity (Wildman–Crippen MR) is 54.6 cm³/mol. The Morgan fingerprint density at radius 1 is 1.42 bits per heavy atom. The van der Waals surface area contributed by atoms with Crippen molar-refractivity contribution in [3.05, 3.63) is 42.0 Å². The van der Waals surface area contributed by atoms with E-state index in [1.165, 1.54) is 16.8 Å². The molecule has 0 saturated carbocycles. The van der Waals surface area contributed by atoms with E-state index in [-0.39, 0.29) is 0 Å². The third-order valence-electron chi connectivity index (χ3n) is 1.82. The van der Waals surface area contributed by atoms with Crippen LogP contribution < -0.4 is 5.32 Å². The van der Waals surface area contributed by atoms with Gasteiger partial charge in [-0.15, -0.1) is 6.58 Å². The van der Waals surface area contributed by atoms with Crippen LogP contribution in [0.5, 0.6) is 0 Å². The Morgan fingerprint density at radius 2 is 2.17 bits per heavy atom. The molecule has 1 aromatic carbocycles. The van der Waals surface area contributed by atoms with Crippen LogP contribution in [0, 0.1) is 13.8 Å². The number of nitrogens with one attached hydrogen (secondary N) is 1. The summed E-state index contributed by atoms with van der Waals surface area (Å²) in [6, 6.07) is 6.39. The summed E-state index contributed by atoms with van der Waals surface area (Å²) in [5.74, 6) is 0. The zero-order valence-corrected chi connectivity index (χ0v) is 7.72. The first-order valence-electron chi connectivity index (χ1n) is 4.16. The third-order valence-corrected chi connectivity index (χ3v) is 1.82. The zero-order chi connectivity index (χ0) is 8.97. The van der Waals surface area contributed by atoms with Crippen molar-refractivity contribution >= 4 is 5.69 Å². The van der Waals surface area contributed by atoms with Crippen molar-refractivity contribution in [1.29, 1.82) is 0 Å². The van der Waals surface area contributed by atoms with Crippen molar-refractivity contribution < 1.29 is 0 Å². The van der Waals surface area contributed by atoms with Gasteiger partial charge in [0.15, 0.2) is 0 Å². The second-order valence-electron chi connectivity index (χ2n) is 2.99. The molecular formula is C11H15N. The fourth-order valence-corrected chi connectivity index (χ4v) is 1.19. The zero-order valence-electron chi connectivity index (χ0n) is 7.72. The summed E-state index contributed by atoms with van der Waals surface area (Å²) in [6.45, 7) is 8.69. The van der Waals surface area contributed by atoms with Crippen molar-refractivity contribution in [3.8, 4) is 0 Å². The molecule has 0 aliphatic rings. The fraction of sp³-hybridized carbons (Fsp3) is 0.273. The average Bonchev–Trinajstić information content (AvgIpc) is 2.03. The molecule has 1 aromatic rings. The Kier molecular flexibility index (Phi) is 2.92. The van der Waals surface area contributed by atoms with Gasteiger partial charge in [0, 0.05) is 12.2 Å². The lowest BCUT2D eigenvalue weighted by molar-refractivity contribution is 1.29. The number of hydrogen-bond donors (Lipinski definition) is 1. The molecule has 0 saturated heterocycles. The summed E-state index contributed by atoms with van der Waals surface area (Å²) in [7, 11) is 0. The smallest absolute Gasteiger partial charge is 0.0372 e. The van der Waals surface area contributed by atoms with Gasteiger partial charge >= 0.3 is 0 Å². The summed E-state index contributed by atoms with van der Waals surface area (Å²) < 4.78 is 0. The van der Waals surface area contributed by atoms with Crippen LogP contribution in [0.4, 0.5) is 5.69 Å². The first-order valence-corrected chi connectivity index (χ1v) is 4.16. The van der Waals surface area contributed by atoms with Crippen LogP contribution in [0.2, 0.25) is 0 Å². The second-order valence-corrected chi connectivity index (χ2v) is 2.99. The standard InChI is InChI=1S/C11H15N/c1-4-7-12-11-6-5-9(2)8-10(11)3/h4-6,8,12H,1,7H2,2-3H3. The van der Waals surface area contributed by atoms with Crippen molar-refractivity contribution in [2.75, 3.05) is 11.9 Å². The van der Waals surface area contributed by atoms with Gasteiger partial charge in [-0.1, -0.05) is 23.8 Å². The summed E-state index contributed by atoms with van der Waals surface area (Å²) in [6.07, 6.45) is 1.86.